The van der Waals surface area contributed by atoms with Crippen LogP contribution in [-0.4, -0.2) is 49.2 Å². The first-order valence-electron chi connectivity index (χ1n) is 8.84. The highest BCUT2D eigenvalue weighted by molar-refractivity contribution is 6.36. The van der Waals surface area contributed by atoms with Crippen LogP contribution in [0.1, 0.15) is 38.2 Å². The molecule has 3 N–H and O–H groups in total. The fraction of sp³-hybridized carbons (Fsp3) is 0.556. The molecule has 2 rings (SSSR count). The number of carbonyl (C=O) groups excluding carboxylic acids is 1. The summed E-state index contributed by atoms with van der Waals surface area (Å²) in [5.41, 5.74) is 6.90. The quantitative estimate of drug-likeness (QED) is 0.584. The number of nitrogens with two attached hydrogens (primary N) is 1. The Bertz CT molecular complexity index is 626. The van der Waals surface area contributed by atoms with Gasteiger partial charge >= 0.3 is 6.09 Å². The first kappa shape index (κ1) is 20.6. The van der Waals surface area contributed by atoms with E-state index in [0.29, 0.717) is 42.2 Å². The van der Waals surface area contributed by atoms with Gasteiger partial charge in [-0.1, -0.05) is 36.2 Å². The Kier molecular flexibility index (Phi) is 7.85. The second-order valence-corrected chi connectivity index (χ2v) is 7.18. The maximum absolute atomic E-state index is 11.7. The van der Waals surface area contributed by atoms with Crippen LogP contribution in [0.2, 0.25) is 10.0 Å². The predicted molar refractivity (Wildman–Crippen MR) is 106 cm³/mol. The van der Waals surface area contributed by atoms with Gasteiger partial charge in [-0.05, 0) is 37.5 Å². The lowest BCUT2D eigenvalue weighted by Crippen LogP contribution is -2.48. The van der Waals surface area contributed by atoms with Crippen LogP contribution in [0.4, 0.5) is 4.79 Å². The molecule has 1 aliphatic rings. The highest BCUT2D eigenvalue weighted by Crippen LogP contribution is 2.31. The summed E-state index contributed by atoms with van der Waals surface area (Å²) in [4.78, 5) is 17.8. The van der Waals surface area contributed by atoms with Gasteiger partial charge in [-0.3, -0.25) is 4.99 Å². The molecule has 1 fully saturated rings. The summed E-state index contributed by atoms with van der Waals surface area (Å²) in [6.07, 6.45) is 1.36. The summed E-state index contributed by atoms with van der Waals surface area (Å²) in [5.74, 6) is 0.455. The average molecular weight is 401 g/mol. The van der Waals surface area contributed by atoms with Crippen molar-refractivity contribution in [2.75, 3.05) is 26.2 Å². The normalized spacial score (nSPS) is 17.1. The smallest absolute Gasteiger partial charge is 0.409 e. The molecule has 1 unspecified atom stereocenters. The lowest BCUT2D eigenvalue weighted by atomic mass is 10.0. The van der Waals surface area contributed by atoms with Crippen molar-refractivity contribution in [2.24, 2.45) is 10.7 Å². The molecule has 0 bridgehead atoms. The lowest BCUT2D eigenvalue weighted by Gasteiger charge is -2.31. The standard InChI is InChI=1S/C18H26Cl2N4O2/c1-3-26-18(25)24-9-7-13(8-10-24)23-17(21)22-11-12(2)16-14(19)5-4-6-15(16)20/h4-6,12-13H,3,7-11H2,1-2H3,(H3,21,22,23). The summed E-state index contributed by atoms with van der Waals surface area (Å²) in [7, 11) is 0. The third-order valence-corrected chi connectivity index (χ3v) is 5.06. The lowest BCUT2D eigenvalue weighted by molar-refractivity contribution is 0.0963. The summed E-state index contributed by atoms with van der Waals surface area (Å²) < 4.78 is 5.02. The molecule has 0 aromatic heterocycles. The molecule has 8 heteroatoms. The van der Waals surface area contributed by atoms with E-state index in [1.54, 1.807) is 11.8 Å². The zero-order valence-corrected chi connectivity index (χ0v) is 16.7. The summed E-state index contributed by atoms with van der Waals surface area (Å²) in [5, 5.41) is 4.50. The third kappa shape index (κ3) is 5.68. The van der Waals surface area contributed by atoms with Gasteiger partial charge in [0.15, 0.2) is 5.96 Å². The molecule has 144 valence electrons. The number of piperidine rings is 1. The number of carbonyl (C=O) groups is 1. The van der Waals surface area contributed by atoms with Crippen molar-refractivity contribution < 1.29 is 9.53 Å². The van der Waals surface area contributed by atoms with Crippen LogP contribution in [0.3, 0.4) is 0 Å². The van der Waals surface area contributed by atoms with E-state index in [1.165, 1.54) is 0 Å². The molecule has 1 aliphatic heterocycles. The number of rotatable bonds is 5. The molecule has 1 heterocycles. The molecule has 1 atom stereocenters. The van der Waals surface area contributed by atoms with Crippen molar-refractivity contribution >= 4 is 35.3 Å². The van der Waals surface area contributed by atoms with Crippen molar-refractivity contribution in [1.29, 1.82) is 0 Å². The minimum Gasteiger partial charge on any atom is -0.450 e. The van der Waals surface area contributed by atoms with Gasteiger partial charge in [0.05, 0.1) is 6.61 Å². The van der Waals surface area contributed by atoms with E-state index in [-0.39, 0.29) is 18.1 Å². The number of guanidine groups is 1. The molecule has 0 spiro atoms. The van der Waals surface area contributed by atoms with Gasteiger partial charge in [0.1, 0.15) is 0 Å². The highest BCUT2D eigenvalue weighted by Gasteiger charge is 2.23. The molecule has 1 amide bonds. The molecule has 1 aromatic carbocycles. The summed E-state index contributed by atoms with van der Waals surface area (Å²) >= 11 is 12.5. The van der Waals surface area contributed by atoms with Gasteiger partial charge in [-0.2, -0.15) is 0 Å². The maximum atomic E-state index is 11.7. The first-order chi connectivity index (χ1) is 12.4. The summed E-state index contributed by atoms with van der Waals surface area (Å²) in [6.45, 7) is 6.00. The van der Waals surface area contributed by atoms with Crippen molar-refractivity contribution in [3.8, 4) is 0 Å². The number of likely N-dealkylation sites (tertiary alicyclic amines) is 1. The maximum Gasteiger partial charge on any atom is 0.409 e. The highest BCUT2D eigenvalue weighted by atomic mass is 35.5. The monoisotopic (exact) mass is 400 g/mol. The van der Waals surface area contributed by atoms with E-state index < -0.39 is 0 Å². The van der Waals surface area contributed by atoms with Crippen molar-refractivity contribution in [3.05, 3.63) is 33.8 Å². The Morgan fingerprint density at radius 3 is 2.58 bits per heavy atom. The SMILES string of the molecule is CCOC(=O)N1CCC(NC(N)=NCC(C)c2c(Cl)cccc2Cl)CC1. The van der Waals surface area contributed by atoms with Gasteiger partial charge in [0.2, 0.25) is 0 Å². The minimum atomic E-state index is -0.252. The van der Waals surface area contributed by atoms with E-state index in [4.69, 9.17) is 33.7 Å². The number of nitrogens with zero attached hydrogens (tertiary/aromatic N) is 2. The number of ether oxygens (including phenoxy) is 1. The third-order valence-electron chi connectivity index (χ3n) is 4.40. The number of aliphatic imine (C=N–C) groups is 1. The Morgan fingerprint density at radius 2 is 2.00 bits per heavy atom. The average Bonchev–Trinajstić information content (AvgIpc) is 2.60. The molecule has 6 nitrogen and oxygen atoms in total. The molecule has 26 heavy (non-hydrogen) atoms. The molecular weight excluding hydrogens is 375 g/mol. The Hall–Kier alpha value is -1.66. The van der Waals surface area contributed by atoms with Crippen LogP contribution in [0.25, 0.3) is 0 Å². The predicted octanol–water partition coefficient (Wildman–Crippen LogP) is 3.62. The van der Waals surface area contributed by atoms with Gasteiger partial charge in [0.25, 0.3) is 0 Å². The first-order valence-corrected chi connectivity index (χ1v) is 9.60. The Labute approximate surface area is 164 Å². The van der Waals surface area contributed by atoms with Crippen molar-refractivity contribution in [3.63, 3.8) is 0 Å². The molecule has 1 aromatic rings. The fourth-order valence-corrected chi connectivity index (χ4v) is 3.75. The molecule has 0 saturated carbocycles. The largest absolute Gasteiger partial charge is 0.450 e. The van der Waals surface area contributed by atoms with Crippen molar-refractivity contribution in [2.45, 2.75) is 38.6 Å². The topological polar surface area (TPSA) is 80.0 Å². The minimum absolute atomic E-state index is 0.0576. The van der Waals surface area contributed by atoms with Gasteiger partial charge in [0, 0.05) is 41.6 Å². The number of hydrogen-bond donors (Lipinski definition) is 2. The van der Waals surface area contributed by atoms with Gasteiger partial charge in [-0.25, -0.2) is 4.79 Å². The fourth-order valence-electron chi connectivity index (χ4n) is 2.98. The zero-order chi connectivity index (χ0) is 19.1. The van der Waals surface area contributed by atoms with E-state index in [9.17, 15) is 4.79 Å². The molecule has 0 radical (unpaired) electrons. The molecular formula is C18H26Cl2N4O2. The molecule has 0 aliphatic carbocycles. The van der Waals surface area contributed by atoms with Gasteiger partial charge in [-0.15, -0.1) is 0 Å². The van der Waals surface area contributed by atoms with E-state index in [1.807, 2.05) is 25.1 Å². The summed E-state index contributed by atoms with van der Waals surface area (Å²) in [6, 6.07) is 5.66. The zero-order valence-electron chi connectivity index (χ0n) is 15.2. The Morgan fingerprint density at radius 1 is 1.38 bits per heavy atom. The van der Waals surface area contributed by atoms with Crippen LogP contribution >= 0.6 is 23.2 Å². The Balaban J connectivity index is 1.83. The van der Waals surface area contributed by atoms with Crippen LogP contribution in [0.5, 0.6) is 0 Å². The number of hydrogen-bond acceptors (Lipinski definition) is 3. The van der Waals surface area contributed by atoms with Crippen molar-refractivity contribution in [1.82, 2.24) is 10.2 Å². The van der Waals surface area contributed by atoms with E-state index in [0.717, 1.165) is 18.4 Å². The number of benzene rings is 1. The number of halogens is 2. The van der Waals surface area contributed by atoms with Gasteiger partial charge < -0.3 is 20.7 Å². The van der Waals surface area contributed by atoms with Crippen LogP contribution in [0, 0.1) is 0 Å². The van der Waals surface area contributed by atoms with Crippen LogP contribution in [-0.2, 0) is 4.74 Å². The number of nitrogens with one attached hydrogen (secondary N) is 1. The van der Waals surface area contributed by atoms with Crippen LogP contribution in [0.15, 0.2) is 23.2 Å². The van der Waals surface area contributed by atoms with E-state index >= 15 is 0 Å². The molecule has 1 saturated heterocycles. The van der Waals surface area contributed by atoms with E-state index in [2.05, 4.69) is 10.3 Å². The van der Waals surface area contributed by atoms with Crippen LogP contribution < -0.4 is 11.1 Å². The number of amides is 1. The second kappa shape index (κ2) is 9.88. The second-order valence-electron chi connectivity index (χ2n) is 6.37.